The highest BCUT2D eigenvalue weighted by molar-refractivity contribution is 7.14. The Kier molecular flexibility index (Phi) is 3.68. The molecule has 0 unspecified atom stereocenters. The number of para-hydroxylation sites is 2. The zero-order valence-corrected chi connectivity index (χ0v) is 14.8. The first-order valence-electron chi connectivity index (χ1n) is 8.29. The molecule has 27 heavy (non-hydrogen) atoms. The molecule has 1 amide bonds. The van der Waals surface area contributed by atoms with Crippen molar-refractivity contribution in [3.8, 4) is 11.5 Å². The number of nitrogens with zero attached hydrogens (tertiary/aromatic N) is 4. The van der Waals surface area contributed by atoms with Gasteiger partial charge in [-0.3, -0.25) is 4.79 Å². The number of hydrogen-bond donors (Lipinski definition) is 1. The predicted octanol–water partition coefficient (Wildman–Crippen LogP) is 3.94. The molecule has 0 atom stereocenters. The van der Waals surface area contributed by atoms with Gasteiger partial charge in [-0.2, -0.15) is 0 Å². The summed E-state index contributed by atoms with van der Waals surface area (Å²) in [6.45, 7) is 0.0695. The second-order valence-electron chi connectivity index (χ2n) is 5.97. The highest BCUT2D eigenvalue weighted by Crippen LogP contribution is 2.30. The summed E-state index contributed by atoms with van der Waals surface area (Å²) in [7, 11) is 0. The number of nitrogens with one attached hydrogen (secondary N) is 1. The van der Waals surface area contributed by atoms with E-state index in [1.807, 2.05) is 60.0 Å². The van der Waals surface area contributed by atoms with Crippen molar-refractivity contribution >= 4 is 44.4 Å². The minimum atomic E-state index is -0.212. The van der Waals surface area contributed by atoms with E-state index in [0.29, 0.717) is 16.6 Å². The number of benzene rings is 2. The van der Waals surface area contributed by atoms with Crippen molar-refractivity contribution in [1.82, 2.24) is 20.0 Å². The zero-order valence-electron chi connectivity index (χ0n) is 14.0. The monoisotopic (exact) mass is 375 g/mol. The molecule has 0 spiro atoms. The minimum absolute atomic E-state index is 0.0695. The third kappa shape index (κ3) is 2.96. The molecule has 1 N–H and O–H groups in total. The molecule has 0 saturated heterocycles. The molecule has 0 saturated carbocycles. The largest absolute Gasteiger partial charge is 0.454 e. The standard InChI is InChI=1S/C19H13N5O2S/c25-18(10-24-15-7-3-2-6-13(15)22-23-24)21-19-20-14(11-27-19)17-9-12-5-1-4-8-16(12)26-17/h1-9,11H,10H2,(H,20,21,25). The molecule has 0 aliphatic carbocycles. The Hall–Kier alpha value is -3.52. The summed E-state index contributed by atoms with van der Waals surface area (Å²) in [5.41, 5.74) is 3.07. The third-order valence-corrected chi connectivity index (χ3v) is 4.90. The van der Waals surface area contributed by atoms with Gasteiger partial charge < -0.3 is 9.73 Å². The van der Waals surface area contributed by atoms with Crippen molar-refractivity contribution in [3.63, 3.8) is 0 Å². The van der Waals surface area contributed by atoms with Crippen molar-refractivity contribution in [3.05, 3.63) is 60.0 Å². The van der Waals surface area contributed by atoms with Crippen LogP contribution in [-0.4, -0.2) is 25.9 Å². The van der Waals surface area contributed by atoms with Gasteiger partial charge in [0.05, 0.1) is 5.52 Å². The number of aromatic nitrogens is 4. The highest BCUT2D eigenvalue weighted by Gasteiger charge is 2.13. The van der Waals surface area contributed by atoms with Crippen LogP contribution in [0.15, 0.2) is 64.4 Å². The number of thiazole rings is 1. The quantitative estimate of drug-likeness (QED) is 0.514. The normalized spacial score (nSPS) is 11.3. The number of carbonyl (C=O) groups excluding carboxylic acids is 1. The SMILES string of the molecule is O=C(Cn1nnc2ccccc21)Nc1nc(-c2cc3ccccc3o2)cs1. The Morgan fingerprint density at radius 3 is 2.93 bits per heavy atom. The minimum Gasteiger partial charge on any atom is -0.454 e. The number of hydrogen-bond acceptors (Lipinski definition) is 6. The molecule has 0 bridgehead atoms. The second-order valence-corrected chi connectivity index (χ2v) is 6.83. The number of carbonyl (C=O) groups is 1. The van der Waals surface area contributed by atoms with Crippen molar-refractivity contribution in [1.29, 1.82) is 0 Å². The fourth-order valence-corrected chi connectivity index (χ4v) is 3.60. The summed E-state index contributed by atoms with van der Waals surface area (Å²) in [6, 6.07) is 17.2. The first-order valence-corrected chi connectivity index (χ1v) is 9.17. The molecule has 0 aliphatic rings. The molecular formula is C19H13N5O2S. The topological polar surface area (TPSA) is 85.8 Å². The van der Waals surface area contributed by atoms with E-state index >= 15 is 0 Å². The Morgan fingerprint density at radius 1 is 1.15 bits per heavy atom. The van der Waals surface area contributed by atoms with Gasteiger partial charge in [-0.1, -0.05) is 35.5 Å². The van der Waals surface area contributed by atoms with Crippen LogP contribution in [-0.2, 0) is 11.3 Å². The first kappa shape index (κ1) is 15.7. The number of rotatable bonds is 4. The smallest absolute Gasteiger partial charge is 0.247 e. The van der Waals surface area contributed by atoms with Crippen molar-refractivity contribution in [2.45, 2.75) is 6.54 Å². The third-order valence-electron chi connectivity index (χ3n) is 4.14. The number of anilines is 1. The van der Waals surface area contributed by atoms with E-state index in [0.717, 1.165) is 22.0 Å². The van der Waals surface area contributed by atoms with Crippen LogP contribution >= 0.6 is 11.3 Å². The molecule has 0 fully saturated rings. The number of amides is 1. The van der Waals surface area contributed by atoms with Crippen molar-refractivity contribution in [2.75, 3.05) is 5.32 Å². The van der Waals surface area contributed by atoms with Gasteiger partial charge in [0.1, 0.15) is 23.3 Å². The van der Waals surface area contributed by atoms with Gasteiger partial charge in [0.25, 0.3) is 0 Å². The Bertz CT molecular complexity index is 1240. The zero-order chi connectivity index (χ0) is 18.2. The molecule has 8 heteroatoms. The van der Waals surface area contributed by atoms with Crippen LogP contribution in [0.4, 0.5) is 5.13 Å². The van der Waals surface area contributed by atoms with Gasteiger partial charge in [-0.05, 0) is 24.3 Å². The summed E-state index contributed by atoms with van der Waals surface area (Å²) >= 11 is 1.35. The van der Waals surface area contributed by atoms with Crippen LogP contribution in [0.25, 0.3) is 33.5 Å². The van der Waals surface area contributed by atoms with Crippen LogP contribution in [0.1, 0.15) is 0 Å². The van der Waals surface area contributed by atoms with Gasteiger partial charge in [-0.25, -0.2) is 9.67 Å². The fraction of sp³-hybridized carbons (Fsp3) is 0.0526. The average Bonchev–Trinajstić information content (AvgIpc) is 3.40. The van der Waals surface area contributed by atoms with Gasteiger partial charge in [0, 0.05) is 10.8 Å². The summed E-state index contributed by atoms with van der Waals surface area (Å²) < 4.78 is 7.38. The van der Waals surface area contributed by atoms with Crippen molar-refractivity contribution in [2.24, 2.45) is 0 Å². The lowest BCUT2D eigenvalue weighted by Gasteiger charge is -2.02. The molecule has 5 aromatic rings. The van der Waals surface area contributed by atoms with Crippen LogP contribution in [0.2, 0.25) is 0 Å². The van der Waals surface area contributed by atoms with E-state index in [1.165, 1.54) is 11.3 Å². The highest BCUT2D eigenvalue weighted by atomic mass is 32.1. The maximum Gasteiger partial charge on any atom is 0.247 e. The Morgan fingerprint density at radius 2 is 2.00 bits per heavy atom. The fourth-order valence-electron chi connectivity index (χ4n) is 2.88. The maximum atomic E-state index is 12.4. The van der Waals surface area contributed by atoms with Crippen LogP contribution in [0.5, 0.6) is 0 Å². The van der Waals surface area contributed by atoms with E-state index < -0.39 is 0 Å². The predicted molar refractivity (Wildman–Crippen MR) is 103 cm³/mol. The van der Waals surface area contributed by atoms with E-state index in [4.69, 9.17) is 4.42 Å². The van der Waals surface area contributed by atoms with Gasteiger partial charge in [0.2, 0.25) is 5.91 Å². The molecule has 0 radical (unpaired) electrons. The Labute approximate surface area is 157 Å². The summed E-state index contributed by atoms with van der Waals surface area (Å²) in [5.74, 6) is 0.464. The molecule has 0 aliphatic heterocycles. The molecule has 3 aromatic heterocycles. The molecule has 5 rings (SSSR count). The van der Waals surface area contributed by atoms with Gasteiger partial charge >= 0.3 is 0 Å². The molecule has 2 aromatic carbocycles. The first-order chi connectivity index (χ1) is 13.3. The van der Waals surface area contributed by atoms with E-state index in [1.54, 1.807) is 4.68 Å². The van der Waals surface area contributed by atoms with Crippen LogP contribution < -0.4 is 5.32 Å². The van der Waals surface area contributed by atoms with Crippen LogP contribution in [0, 0.1) is 0 Å². The summed E-state index contributed by atoms with van der Waals surface area (Å²) in [4.78, 5) is 16.8. The lowest BCUT2D eigenvalue weighted by atomic mass is 10.2. The average molecular weight is 375 g/mol. The summed E-state index contributed by atoms with van der Waals surface area (Å²) in [6.07, 6.45) is 0. The van der Waals surface area contributed by atoms with Gasteiger partial charge in [-0.15, -0.1) is 16.4 Å². The lowest BCUT2D eigenvalue weighted by Crippen LogP contribution is -2.19. The maximum absolute atomic E-state index is 12.4. The van der Waals surface area contributed by atoms with Crippen LogP contribution in [0.3, 0.4) is 0 Å². The summed E-state index contributed by atoms with van der Waals surface area (Å²) in [5, 5.41) is 14.3. The van der Waals surface area contributed by atoms with E-state index in [2.05, 4.69) is 20.6 Å². The number of fused-ring (bicyclic) bond motifs is 2. The molecule has 132 valence electrons. The molecular weight excluding hydrogens is 362 g/mol. The van der Waals surface area contributed by atoms with E-state index in [9.17, 15) is 4.79 Å². The number of furan rings is 1. The van der Waals surface area contributed by atoms with Gasteiger partial charge in [0.15, 0.2) is 10.9 Å². The molecule has 7 nitrogen and oxygen atoms in total. The molecule has 3 heterocycles. The van der Waals surface area contributed by atoms with E-state index in [-0.39, 0.29) is 12.5 Å². The lowest BCUT2D eigenvalue weighted by molar-refractivity contribution is -0.116. The Balaban J connectivity index is 1.33. The second kappa shape index (κ2) is 6.33. The van der Waals surface area contributed by atoms with Crippen molar-refractivity contribution < 1.29 is 9.21 Å².